The van der Waals surface area contributed by atoms with Crippen LogP contribution in [-0.4, -0.2) is 0 Å². The molecule has 0 aliphatic heterocycles. The van der Waals surface area contributed by atoms with Gasteiger partial charge >= 0.3 is 0 Å². The lowest BCUT2D eigenvalue weighted by molar-refractivity contribution is 0.481. The SMILES string of the molecule is FCc1[c]c(F)ccc1. The predicted octanol–water partition coefficient (Wildman–Crippen LogP) is 2.10. The maximum Gasteiger partial charge on any atom is 0.131 e. The normalized spacial score (nSPS) is 9.56. The second-order valence-electron chi connectivity index (χ2n) is 1.66. The zero-order valence-electron chi connectivity index (χ0n) is 4.70. The van der Waals surface area contributed by atoms with Crippen LogP contribution in [0.4, 0.5) is 8.78 Å². The summed E-state index contributed by atoms with van der Waals surface area (Å²) in [5, 5.41) is 0. The van der Waals surface area contributed by atoms with E-state index in [1.165, 1.54) is 18.2 Å². The van der Waals surface area contributed by atoms with Crippen molar-refractivity contribution in [3.05, 3.63) is 35.6 Å². The van der Waals surface area contributed by atoms with Crippen LogP contribution >= 0.6 is 0 Å². The largest absolute Gasteiger partial charge is 0.246 e. The Kier molecular flexibility index (Phi) is 1.78. The van der Waals surface area contributed by atoms with Gasteiger partial charge in [-0.05, 0) is 11.6 Å². The molecule has 0 aromatic heterocycles. The fraction of sp³-hybridized carbons (Fsp3) is 0.143. The highest BCUT2D eigenvalue weighted by Gasteiger charge is 1.92. The highest BCUT2D eigenvalue weighted by atomic mass is 19.1. The van der Waals surface area contributed by atoms with Crippen molar-refractivity contribution in [2.45, 2.75) is 6.67 Å². The van der Waals surface area contributed by atoms with Crippen molar-refractivity contribution >= 4 is 0 Å². The van der Waals surface area contributed by atoms with Crippen LogP contribution in [0, 0.1) is 11.9 Å². The Balaban J connectivity index is 2.94. The number of rotatable bonds is 1. The van der Waals surface area contributed by atoms with E-state index in [1.54, 1.807) is 0 Å². The van der Waals surface area contributed by atoms with Gasteiger partial charge in [0.2, 0.25) is 0 Å². The predicted molar refractivity (Wildman–Crippen MR) is 30.0 cm³/mol. The molecule has 0 saturated heterocycles. The molecule has 0 bridgehead atoms. The first kappa shape index (κ1) is 6.20. The molecule has 1 aromatic carbocycles. The average Bonchev–Trinajstić information content (AvgIpc) is 1.88. The van der Waals surface area contributed by atoms with E-state index in [1.807, 2.05) is 0 Å². The second kappa shape index (κ2) is 2.58. The summed E-state index contributed by atoms with van der Waals surface area (Å²) >= 11 is 0. The van der Waals surface area contributed by atoms with Gasteiger partial charge in [-0.1, -0.05) is 12.1 Å². The van der Waals surface area contributed by atoms with E-state index in [0.717, 1.165) is 0 Å². The molecule has 0 aliphatic carbocycles. The van der Waals surface area contributed by atoms with Crippen LogP contribution in [0.25, 0.3) is 0 Å². The van der Waals surface area contributed by atoms with Crippen molar-refractivity contribution in [2.24, 2.45) is 0 Å². The van der Waals surface area contributed by atoms with Gasteiger partial charge in [-0.15, -0.1) is 0 Å². The average molecular weight is 127 g/mol. The number of benzene rings is 1. The summed E-state index contributed by atoms with van der Waals surface area (Å²) in [4.78, 5) is 0. The summed E-state index contributed by atoms with van der Waals surface area (Å²) < 4.78 is 23.8. The third kappa shape index (κ3) is 1.49. The minimum atomic E-state index is -0.655. The van der Waals surface area contributed by atoms with Crippen molar-refractivity contribution in [1.82, 2.24) is 0 Å². The first-order valence-electron chi connectivity index (χ1n) is 2.55. The molecular formula is C7H5F2. The van der Waals surface area contributed by atoms with Gasteiger partial charge in [0.15, 0.2) is 0 Å². The van der Waals surface area contributed by atoms with Crippen LogP contribution in [0.3, 0.4) is 0 Å². The van der Waals surface area contributed by atoms with Gasteiger partial charge in [-0.3, -0.25) is 0 Å². The standard InChI is InChI=1S/C7H5F2/c8-5-6-2-1-3-7(9)4-6/h1-3H,5H2. The summed E-state index contributed by atoms with van der Waals surface area (Å²) in [6.07, 6.45) is 0. The Bertz CT molecular complexity index is 196. The van der Waals surface area contributed by atoms with E-state index in [0.29, 0.717) is 0 Å². The molecule has 47 valence electrons. The molecule has 0 spiro atoms. The van der Waals surface area contributed by atoms with Crippen LogP contribution < -0.4 is 0 Å². The Labute approximate surface area is 52.1 Å². The fourth-order valence-corrected chi connectivity index (χ4v) is 0.563. The summed E-state index contributed by atoms with van der Waals surface area (Å²) in [6, 6.07) is 6.40. The molecule has 0 amide bonds. The molecule has 1 rings (SSSR count). The second-order valence-corrected chi connectivity index (χ2v) is 1.66. The van der Waals surface area contributed by atoms with Crippen molar-refractivity contribution < 1.29 is 8.78 Å². The van der Waals surface area contributed by atoms with Crippen LogP contribution in [0.5, 0.6) is 0 Å². The van der Waals surface area contributed by atoms with Gasteiger partial charge in [0.05, 0.1) is 0 Å². The number of halogens is 2. The molecule has 0 aliphatic rings. The number of hydrogen-bond donors (Lipinski definition) is 0. The summed E-state index contributed by atoms with van der Waals surface area (Å²) in [5.74, 6) is -0.509. The Morgan fingerprint density at radius 3 is 2.67 bits per heavy atom. The van der Waals surface area contributed by atoms with Gasteiger partial charge < -0.3 is 0 Å². The molecule has 0 heterocycles. The van der Waals surface area contributed by atoms with E-state index in [9.17, 15) is 8.78 Å². The topological polar surface area (TPSA) is 0 Å². The highest BCUT2D eigenvalue weighted by molar-refractivity contribution is 5.13. The molecule has 0 nitrogen and oxygen atoms in total. The van der Waals surface area contributed by atoms with Gasteiger partial charge in [0.25, 0.3) is 0 Å². The van der Waals surface area contributed by atoms with E-state index in [4.69, 9.17) is 0 Å². The lowest BCUT2D eigenvalue weighted by Gasteiger charge is -1.89. The third-order valence-electron chi connectivity index (χ3n) is 0.964. The maximum absolute atomic E-state index is 12.1. The Morgan fingerprint density at radius 2 is 2.22 bits per heavy atom. The molecule has 2 heteroatoms. The molecule has 0 unspecified atom stereocenters. The monoisotopic (exact) mass is 127 g/mol. The van der Waals surface area contributed by atoms with Crippen molar-refractivity contribution in [3.63, 3.8) is 0 Å². The van der Waals surface area contributed by atoms with Crippen molar-refractivity contribution in [2.75, 3.05) is 0 Å². The summed E-state index contributed by atoms with van der Waals surface area (Å²) in [7, 11) is 0. The highest BCUT2D eigenvalue weighted by Crippen LogP contribution is 2.02. The van der Waals surface area contributed by atoms with Crippen LogP contribution in [0.1, 0.15) is 5.56 Å². The smallest absolute Gasteiger partial charge is 0.131 e. The molecule has 1 aromatic rings. The van der Waals surface area contributed by atoms with Crippen LogP contribution in [-0.2, 0) is 6.67 Å². The van der Waals surface area contributed by atoms with Gasteiger partial charge in [-0.25, -0.2) is 8.78 Å². The molecule has 0 fully saturated rings. The zero-order valence-corrected chi connectivity index (χ0v) is 4.70. The fourth-order valence-electron chi connectivity index (χ4n) is 0.563. The molecule has 0 atom stereocenters. The van der Waals surface area contributed by atoms with E-state index in [-0.39, 0.29) is 5.56 Å². The minimum absolute atomic E-state index is 0.259. The molecule has 9 heavy (non-hydrogen) atoms. The van der Waals surface area contributed by atoms with Crippen LogP contribution in [0.2, 0.25) is 0 Å². The molecule has 0 N–H and O–H groups in total. The lowest BCUT2D eigenvalue weighted by atomic mass is 10.2. The molecular weight excluding hydrogens is 122 g/mol. The zero-order chi connectivity index (χ0) is 6.69. The summed E-state index contributed by atoms with van der Waals surface area (Å²) in [5.41, 5.74) is 0.259. The van der Waals surface area contributed by atoms with Gasteiger partial charge in [0, 0.05) is 6.07 Å². The quantitative estimate of drug-likeness (QED) is 0.541. The van der Waals surface area contributed by atoms with Crippen LogP contribution in [0.15, 0.2) is 18.2 Å². The van der Waals surface area contributed by atoms with Crippen molar-refractivity contribution in [3.8, 4) is 0 Å². The van der Waals surface area contributed by atoms with Gasteiger partial charge in [0.1, 0.15) is 12.5 Å². The Morgan fingerprint density at radius 1 is 1.44 bits per heavy atom. The first-order valence-corrected chi connectivity index (χ1v) is 2.55. The molecule has 1 radical (unpaired) electrons. The van der Waals surface area contributed by atoms with E-state index in [2.05, 4.69) is 6.07 Å². The summed E-state index contributed by atoms with van der Waals surface area (Å²) in [6.45, 7) is -0.655. The van der Waals surface area contributed by atoms with Gasteiger partial charge in [-0.2, -0.15) is 0 Å². The molecule has 0 saturated carbocycles. The minimum Gasteiger partial charge on any atom is -0.246 e. The van der Waals surface area contributed by atoms with E-state index < -0.39 is 12.5 Å². The Hall–Kier alpha value is -0.920. The van der Waals surface area contributed by atoms with E-state index >= 15 is 0 Å². The maximum atomic E-state index is 12.1. The van der Waals surface area contributed by atoms with Crippen molar-refractivity contribution in [1.29, 1.82) is 0 Å². The third-order valence-corrected chi connectivity index (χ3v) is 0.964. The number of hydrogen-bond acceptors (Lipinski definition) is 0. The lowest BCUT2D eigenvalue weighted by Crippen LogP contribution is -1.79. The number of alkyl halides is 1. The first-order chi connectivity index (χ1) is 4.33.